The number of nitrogens with zero attached hydrogens (tertiary/aromatic N) is 1. The summed E-state index contributed by atoms with van der Waals surface area (Å²) in [5.74, 6) is 1.51. The molecule has 1 saturated heterocycles. The van der Waals surface area contributed by atoms with E-state index in [9.17, 15) is 8.42 Å². The minimum Gasteiger partial charge on any atom is -0.490 e. The summed E-state index contributed by atoms with van der Waals surface area (Å²) in [6, 6.07) is 4.88. The van der Waals surface area contributed by atoms with Crippen LogP contribution in [0.3, 0.4) is 0 Å². The van der Waals surface area contributed by atoms with Gasteiger partial charge in [-0.25, -0.2) is 8.42 Å². The molecular weight excluding hydrogens is 304 g/mol. The van der Waals surface area contributed by atoms with Crippen LogP contribution >= 0.6 is 0 Å². The second-order valence-corrected chi connectivity index (χ2v) is 7.67. The maximum atomic E-state index is 12.8. The van der Waals surface area contributed by atoms with E-state index in [1.54, 1.807) is 22.5 Å². The van der Waals surface area contributed by atoms with Gasteiger partial charge >= 0.3 is 0 Å². The van der Waals surface area contributed by atoms with Gasteiger partial charge in [-0.2, -0.15) is 4.31 Å². The van der Waals surface area contributed by atoms with Crippen LogP contribution in [0.1, 0.15) is 12.8 Å². The fourth-order valence-electron chi connectivity index (χ4n) is 2.92. The van der Waals surface area contributed by atoms with Gasteiger partial charge in [-0.1, -0.05) is 0 Å². The van der Waals surface area contributed by atoms with E-state index in [1.807, 2.05) is 7.05 Å². The lowest BCUT2D eigenvalue weighted by Gasteiger charge is -2.17. The fourth-order valence-corrected chi connectivity index (χ4v) is 4.47. The molecule has 6 nitrogen and oxygen atoms in total. The van der Waals surface area contributed by atoms with Crippen molar-refractivity contribution in [3.63, 3.8) is 0 Å². The number of ether oxygens (including phenoxy) is 2. The van der Waals surface area contributed by atoms with E-state index in [1.165, 1.54) is 0 Å². The normalized spacial score (nSPS) is 22.5. The van der Waals surface area contributed by atoms with Crippen molar-refractivity contribution in [2.45, 2.75) is 17.7 Å². The summed E-state index contributed by atoms with van der Waals surface area (Å²) in [5.41, 5.74) is 0. The van der Waals surface area contributed by atoms with Gasteiger partial charge in [-0.15, -0.1) is 0 Å². The average molecular weight is 326 g/mol. The molecule has 1 aromatic rings. The van der Waals surface area contributed by atoms with Crippen molar-refractivity contribution in [1.29, 1.82) is 0 Å². The summed E-state index contributed by atoms with van der Waals surface area (Å²) in [6.07, 6.45) is 1.69. The van der Waals surface area contributed by atoms with E-state index < -0.39 is 10.0 Å². The van der Waals surface area contributed by atoms with Crippen molar-refractivity contribution in [3.05, 3.63) is 18.2 Å². The number of nitrogens with one attached hydrogen (secondary N) is 1. The molecule has 122 valence electrons. The first kappa shape index (κ1) is 15.6. The van der Waals surface area contributed by atoms with Gasteiger partial charge in [0.1, 0.15) is 0 Å². The van der Waals surface area contributed by atoms with E-state index in [4.69, 9.17) is 9.47 Å². The van der Waals surface area contributed by atoms with Crippen LogP contribution in [-0.4, -0.2) is 52.6 Å². The molecule has 1 fully saturated rings. The Kier molecular flexibility index (Phi) is 4.56. The summed E-state index contributed by atoms with van der Waals surface area (Å²) in [7, 11) is -1.58. The third-order valence-corrected chi connectivity index (χ3v) is 5.96. The molecule has 3 rings (SSSR count). The van der Waals surface area contributed by atoms with Crippen LogP contribution in [0, 0.1) is 5.92 Å². The Morgan fingerprint density at radius 2 is 2.05 bits per heavy atom. The topological polar surface area (TPSA) is 67.9 Å². The second-order valence-electron chi connectivity index (χ2n) is 5.73. The van der Waals surface area contributed by atoms with Crippen molar-refractivity contribution in [1.82, 2.24) is 9.62 Å². The standard InChI is InChI=1S/C15H22N2O4S/c1-16-10-12-5-6-17(11-12)22(18,19)13-3-4-14-15(9-13)21-8-2-7-20-14/h3-4,9,12,16H,2,5-8,10-11H2,1H3. The molecule has 0 aliphatic carbocycles. The van der Waals surface area contributed by atoms with Crippen LogP contribution in [0.5, 0.6) is 11.5 Å². The lowest BCUT2D eigenvalue weighted by molar-refractivity contribution is 0.297. The van der Waals surface area contributed by atoms with Crippen molar-refractivity contribution >= 4 is 10.0 Å². The molecule has 2 aliphatic rings. The molecule has 22 heavy (non-hydrogen) atoms. The number of hydrogen-bond donors (Lipinski definition) is 1. The zero-order valence-corrected chi connectivity index (χ0v) is 13.6. The number of fused-ring (bicyclic) bond motifs is 1. The van der Waals surface area contributed by atoms with E-state index >= 15 is 0 Å². The first-order chi connectivity index (χ1) is 10.6. The monoisotopic (exact) mass is 326 g/mol. The Hall–Kier alpha value is -1.31. The maximum absolute atomic E-state index is 12.8. The summed E-state index contributed by atoms with van der Waals surface area (Å²) in [6.45, 7) is 3.12. The lowest BCUT2D eigenvalue weighted by atomic mass is 10.1. The van der Waals surface area contributed by atoms with E-state index in [2.05, 4.69) is 5.32 Å². The molecule has 7 heteroatoms. The van der Waals surface area contributed by atoms with Gasteiger partial charge in [-0.05, 0) is 38.1 Å². The van der Waals surface area contributed by atoms with Gasteiger partial charge in [0.05, 0.1) is 18.1 Å². The van der Waals surface area contributed by atoms with E-state index in [0.29, 0.717) is 43.7 Å². The van der Waals surface area contributed by atoms with Crippen LogP contribution in [0.25, 0.3) is 0 Å². The average Bonchev–Trinajstić information content (AvgIpc) is 2.85. The van der Waals surface area contributed by atoms with Crippen LogP contribution in [0.4, 0.5) is 0 Å². The van der Waals surface area contributed by atoms with Gasteiger partial charge in [0, 0.05) is 25.6 Å². The van der Waals surface area contributed by atoms with Gasteiger partial charge < -0.3 is 14.8 Å². The number of benzene rings is 1. The second kappa shape index (κ2) is 6.44. The SMILES string of the molecule is CNCC1CCN(S(=O)(=O)c2ccc3c(c2)OCCCO3)C1. The van der Waals surface area contributed by atoms with Gasteiger partial charge in [0.25, 0.3) is 0 Å². The molecule has 1 atom stereocenters. The summed E-state index contributed by atoms with van der Waals surface area (Å²) >= 11 is 0. The van der Waals surface area contributed by atoms with Gasteiger partial charge in [-0.3, -0.25) is 0 Å². The molecule has 1 aromatic carbocycles. The molecule has 1 N–H and O–H groups in total. The third-order valence-electron chi connectivity index (χ3n) is 4.10. The molecular formula is C15H22N2O4S. The Bertz CT molecular complexity index is 632. The van der Waals surface area contributed by atoms with Crippen molar-refractivity contribution in [3.8, 4) is 11.5 Å². The Labute approximate surface area is 131 Å². The Morgan fingerprint density at radius 1 is 1.27 bits per heavy atom. The fraction of sp³-hybridized carbons (Fsp3) is 0.600. The zero-order valence-electron chi connectivity index (χ0n) is 12.7. The van der Waals surface area contributed by atoms with Crippen LogP contribution < -0.4 is 14.8 Å². The molecule has 0 bridgehead atoms. The third kappa shape index (κ3) is 3.06. The van der Waals surface area contributed by atoms with Gasteiger partial charge in [0.15, 0.2) is 11.5 Å². The smallest absolute Gasteiger partial charge is 0.243 e. The highest BCUT2D eigenvalue weighted by atomic mass is 32.2. The molecule has 0 spiro atoms. The number of sulfonamides is 1. The van der Waals surface area contributed by atoms with Crippen molar-refractivity contribution in [2.75, 3.05) is 39.9 Å². The maximum Gasteiger partial charge on any atom is 0.243 e. The van der Waals surface area contributed by atoms with Crippen LogP contribution in [-0.2, 0) is 10.0 Å². The van der Waals surface area contributed by atoms with Crippen molar-refractivity contribution in [2.24, 2.45) is 5.92 Å². The highest BCUT2D eigenvalue weighted by Crippen LogP contribution is 2.33. The van der Waals surface area contributed by atoms with Crippen molar-refractivity contribution < 1.29 is 17.9 Å². The number of hydrogen-bond acceptors (Lipinski definition) is 5. The highest BCUT2D eigenvalue weighted by molar-refractivity contribution is 7.89. The molecule has 0 saturated carbocycles. The predicted molar refractivity (Wildman–Crippen MR) is 82.8 cm³/mol. The predicted octanol–water partition coefficient (Wildman–Crippen LogP) is 1.08. The minimum atomic E-state index is -3.47. The van der Waals surface area contributed by atoms with Crippen LogP contribution in [0.15, 0.2) is 23.1 Å². The van der Waals surface area contributed by atoms with Gasteiger partial charge in [0.2, 0.25) is 10.0 Å². The minimum absolute atomic E-state index is 0.279. The summed E-state index contributed by atoms with van der Waals surface area (Å²) in [5, 5.41) is 3.11. The summed E-state index contributed by atoms with van der Waals surface area (Å²) < 4.78 is 38.2. The summed E-state index contributed by atoms with van der Waals surface area (Å²) in [4.78, 5) is 0.279. The highest BCUT2D eigenvalue weighted by Gasteiger charge is 2.32. The van der Waals surface area contributed by atoms with E-state index in [0.717, 1.165) is 19.4 Å². The van der Waals surface area contributed by atoms with E-state index in [-0.39, 0.29) is 4.90 Å². The zero-order chi connectivity index (χ0) is 15.6. The largest absolute Gasteiger partial charge is 0.490 e. The molecule has 0 aromatic heterocycles. The molecule has 2 aliphatic heterocycles. The number of rotatable bonds is 4. The molecule has 2 heterocycles. The lowest BCUT2D eigenvalue weighted by Crippen LogP contribution is -2.30. The molecule has 0 amide bonds. The Morgan fingerprint density at radius 3 is 2.82 bits per heavy atom. The Balaban J connectivity index is 1.82. The first-order valence-corrected chi connectivity index (χ1v) is 9.09. The molecule has 1 unspecified atom stereocenters. The van der Waals surface area contributed by atoms with Crippen LogP contribution in [0.2, 0.25) is 0 Å². The quantitative estimate of drug-likeness (QED) is 0.897. The molecule has 0 radical (unpaired) electrons. The first-order valence-electron chi connectivity index (χ1n) is 7.65.